The van der Waals surface area contributed by atoms with Crippen molar-refractivity contribution >= 4 is 17.0 Å². The number of hydrogen-bond donors (Lipinski definition) is 1. The third-order valence-corrected chi connectivity index (χ3v) is 5.97. The zero-order chi connectivity index (χ0) is 19.1. The molecule has 9 heteroatoms. The van der Waals surface area contributed by atoms with Gasteiger partial charge in [0, 0.05) is 35.9 Å². The molecule has 2 heterocycles. The molecule has 0 amide bonds. The first-order valence-corrected chi connectivity index (χ1v) is 8.62. The largest absolute Gasteiger partial charge is 0.399 e. The maximum atomic E-state index is 11.1. The van der Waals surface area contributed by atoms with E-state index in [-0.39, 0.29) is 22.9 Å². The lowest BCUT2D eigenvalue weighted by Crippen LogP contribution is -2.47. The molecule has 8 nitrogen and oxygen atoms in total. The minimum Gasteiger partial charge on any atom is -0.399 e. The number of hydrogen-bond acceptors (Lipinski definition) is 8. The van der Waals surface area contributed by atoms with Gasteiger partial charge in [-0.05, 0) is 12.6 Å². The molecule has 2 aliphatic rings. The predicted molar refractivity (Wildman–Crippen MR) is 93.3 cm³/mol. The molecule has 1 aromatic rings. The number of nitrogens with zero attached hydrogens (tertiary/aromatic N) is 5. The monoisotopic (exact) mass is 366 g/mol. The van der Waals surface area contributed by atoms with Crippen molar-refractivity contribution in [3.63, 3.8) is 0 Å². The highest BCUT2D eigenvalue weighted by Crippen LogP contribution is 2.55. The van der Waals surface area contributed by atoms with E-state index in [1.54, 1.807) is 0 Å². The van der Waals surface area contributed by atoms with E-state index in [0.29, 0.717) is 23.5 Å². The van der Waals surface area contributed by atoms with Crippen molar-refractivity contribution < 1.29 is 4.92 Å². The van der Waals surface area contributed by atoms with E-state index < -0.39 is 16.3 Å². The summed E-state index contributed by atoms with van der Waals surface area (Å²) < 4.78 is 0. The maximum absolute atomic E-state index is 11.1. The molecule has 3 rings (SSSR count). The molecule has 130 valence electrons. The van der Waals surface area contributed by atoms with E-state index in [0.717, 1.165) is 11.3 Å². The Bertz CT molecular complexity index is 957. The fourth-order valence-corrected chi connectivity index (χ4v) is 4.82. The molecule has 0 saturated carbocycles. The first-order valence-electron chi connectivity index (χ1n) is 7.74. The van der Waals surface area contributed by atoms with Crippen molar-refractivity contribution in [1.82, 2.24) is 4.90 Å². The van der Waals surface area contributed by atoms with Crippen LogP contribution in [0.4, 0.5) is 5.69 Å². The van der Waals surface area contributed by atoms with E-state index in [2.05, 4.69) is 0 Å². The lowest BCUT2D eigenvalue weighted by atomic mass is 9.59. The number of thiophene rings is 1. The minimum absolute atomic E-state index is 0.0712. The van der Waals surface area contributed by atoms with Crippen molar-refractivity contribution in [3.8, 4) is 18.2 Å². The van der Waals surface area contributed by atoms with Gasteiger partial charge in [0.1, 0.15) is 6.07 Å². The fourth-order valence-electron chi connectivity index (χ4n) is 3.73. The Morgan fingerprint density at radius 1 is 1.42 bits per heavy atom. The van der Waals surface area contributed by atoms with Crippen LogP contribution < -0.4 is 5.73 Å². The number of nitrogens with two attached hydrogens (primary N) is 1. The van der Waals surface area contributed by atoms with Crippen LogP contribution in [0.25, 0.3) is 0 Å². The lowest BCUT2D eigenvalue weighted by molar-refractivity contribution is -0.384. The van der Waals surface area contributed by atoms with Gasteiger partial charge in [0.15, 0.2) is 5.41 Å². The molecular weight excluding hydrogens is 352 g/mol. The highest BCUT2D eigenvalue weighted by molar-refractivity contribution is 7.10. The van der Waals surface area contributed by atoms with Gasteiger partial charge in [0.2, 0.25) is 0 Å². The number of likely N-dealkylation sites (N-methyl/N-ethyl adjacent to an activating group) is 1. The summed E-state index contributed by atoms with van der Waals surface area (Å²) in [5.74, 6) is -1.00. The SMILES string of the molecule is CN1CC=C2C(C#N)=C(N)C(C#N)(C#N)[C@H](c3cc([N+](=O)[O-])cs3)[C@@H]2C1. The van der Waals surface area contributed by atoms with Crippen molar-refractivity contribution in [2.24, 2.45) is 17.1 Å². The smallest absolute Gasteiger partial charge is 0.280 e. The van der Waals surface area contributed by atoms with Crippen LogP contribution in [0.2, 0.25) is 0 Å². The number of fused-ring (bicyclic) bond motifs is 1. The van der Waals surface area contributed by atoms with Crippen LogP contribution in [0.1, 0.15) is 10.8 Å². The molecule has 0 aromatic carbocycles. The summed E-state index contributed by atoms with van der Waals surface area (Å²) in [6.45, 7) is 1.14. The fraction of sp³-hybridized carbons (Fsp3) is 0.353. The van der Waals surface area contributed by atoms with E-state index in [9.17, 15) is 25.9 Å². The number of rotatable bonds is 2. The molecule has 0 bridgehead atoms. The van der Waals surface area contributed by atoms with Crippen molar-refractivity contribution in [2.75, 3.05) is 20.1 Å². The number of nitro groups is 1. The van der Waals surface area contributed by atoms with Crippen LogP contribution in [-0.2, 0) is 0 Å². The number of nitriles is 3. The molecule has 1 aromatic heterocycles. The zero-order valence-corrected chi connectivity index (χ0v) is 14.7. The third kappa shape index (κ3) is 2.36. The molecular formula is C17H14N6O2S. The Morgan fingerprint density at radius 2 is 2.12 bits per heavy atom. The molecule has 0 fully saturated rings. The second kappa shape index (κ2) is 6.27. The topological polar surface area (TPSA) is 144 Å². The Balaban J connectivity index is 2.30. The average molecular weight is 366 g/mol. The van der Waals surface area contributed by atoms with Crippen LogP contribution in [0, 0.1) is 55.4 Å². The molecule has 1 aliphatic heterocycles. The van der Waals surface area contributed by atoms with E-state index >= 15 is 0 Å². The quantitative estimate of drug-likeness (QED) is 0.622. The van der Waals surface area contributed by atoms with Crippen LogP contribution in [0.3, 0.4) is 0 Å². The van der Waals surface area contributed by atoms with Gasteiger partial charge in [0.25, 0.3) is 5.69 Å². The van der Waals surface area contributed by atoms with Gasteiger partial charge in [-0.3, -0.25) is 10.1 Å². The van der Waals surface area contributed by atoms with Crippen LogP contribution >= 0.6 is 11.3 Å². The molecule has 0 saturated heterocycles. The van der Waals surface area contributed by atoms with Gasteiger partial charge in [0.05, 0.1) is 33.7 Å². The molecule has 26 heavy (non-hydrogen) atoms. The van der Waals surface area contributed by atoms with Crippen LogP contribution in [0.15, 0.2) is 34.4 Å². The molecule has 0 unspecified atom stereocenters. The summed E-state index contributed by atoms with van der Waals surface area (Å²) in [6.07, 6.45) is 1.88. The first-order chi connectivity index (χ1) is 12.4. The van der Waals surface area contributed by atoms with E-state index in [4.69, 9.17) is 5.73 Å². The summed E-state index contributed by atoms with van der Waals surface area (Å²) in [4.78, 5) is 13.1. The average Bonchev–Trinajstić information content (AvgIpc) is 3.11. The Kier molecular flexibility index (Phi) is 4.25. The van der Waals surface area contributed by atoms with Gasteiger partial charge in [-0.1, -0.05) is 6.08 Å². The van der Waals surface area contributed by atoms with Crippen molar-refractivity contribution in [2.45, 2.75) is 5.92 Å². The van der Waals surface area contributed by atoms with E-state index in [1.807, 2.05) is 36.2 Å². The van der Waals surface area contributed by atoms with Crippen molar-refractivity contribution in [3.05, 3.63) is 49.4 Å². The summed E-state index contributed by atoms with van der Waals surface area (Å²) in [7, 11) is 1.90. The molecule has 1 aliphatic carbocycles. The molecule has 2 atom stereocenters. The first kappa shape index (κ1) is 17.6. The second-order valence-electron chi connectivity index (χ2n) is 6.36. The maximum Gasteiger partial charge on any atom is 0.280 e. The third-order valence-electron chi connectivity index (χ3n) is 4.97. The van der Waals surface area contributed by atoms with Gasteiger partial charge in [-0.25, -0.2) is 0 Å². The van der Waals surface area contributed by atoms with Gasteiger partial charge >= 0.3 is 0 Å². The van der Waals surface area contributed by atoms with Gasteiger partial charge in [-0.15, -0.1) is 11.3 Å². The Morgan fingerprint density at radius 3 is 2.65 bits per heavy atom. The number of allylic oxidation sites excluding steroid dienone is 2. The molecule has 0 radical (unpaired) electrons. The highest BCUT2D eigenvalue weighted by Gasteiger charge is 2.55. The second-order valence-corrected chi connectivity index (χ2v) is 7.30. The molecule has 2 N–H and O–H groups in total. The van der Waals surface area contributed by atoms with Crippen LogP contribution in [0.5, 0.6) is 0 Å². The molecule has 0 spiro atoms. The van der Waals surface area contributed by atoms with Crippen molar-refractivity contribution in [1.29, 1.82) is 15.8 Å². The summed E-state index contributed by atoms with van der Waals surface area (Å²) in [6, 6.07) is 7.47. The van der Waals surface area contributed by atoms with Gasteiger partial charge in [-0.2, -0.15) is 15.8 Å². The Labute approximate surface area is 153 Å². The lowest BCUT2D eigenvalue weighted by Gasteiger charge is -2.44. The van der Waals surface area contributed by atoms with Crippen LogP contribution in [-0.4, -0.2) is 30.0 Å². The highest BCUT2D eigenvalue weighted by atomic mass is 32.1. The Hall–Kier alpha value is -3.19. The standard InChI is InChI=1S/C17H14N6O2S/c1-22-3-2-11-12(5-18)16(21)17(8-19,9-20)15(13(11)6-22)14-4-10(7-26-14)23(24)25/h2,4,7,13,15H,3,6,21H2,1H3/t13-,15+/m1/s1. The summed E-state index contributed by atoms with van der Waals surface area (Å²) >= 11 is 1.13. The summed E-state index contributed by atoms with van der Waals surface area (Å²) in [5, 5.41) is 41.8. The van der Waals surface area contributed by atoms with Gasteiger partial charge < -0.3 is 10.6 Å². The predicted octanol–water partition coefficient (Wildman–Crippen LogP) is 2.01. The zero-order valence-electron chi connectivity index (χ0n) is 13.8. The normalized spacial score (nSPS) is 24.6. The summed E-state index contributed by atoms with van der Waals surface area (Å²) in [5.41, 5.74) is 5.14. The minimum atomic E-state index is -1.75. The van der Waals surface area contributed by atoms with E-state index in [1.165, 1.54) is 11.4 Å².